The summed E-state index contributed by atoms with van der Waals surface area (Å²) in [4.78, 5) is 4.13. The molecule has 0 amide bonds. The minimum atomic E-state index is 0.263. The molecule has 1 aliphatic carbocycles. The highest BCUT2D eigenvalue weighted by Gasteiger charge is 2.38. The van der Waals surface area contributed by atoms with Crippen molar-refractivity contribution >= 4 is 17.4 Å². The SMILES string of the molecule is Cc1ccc(C2(CN=C=S)CCC2)cc1. The third kappa shape index (κ3) is 2.01. The Bertz CT molecular complexity index is 384. The smallest absolute Gasteiger partial charge is 0.0589 e. The van der Waals surface area contributed by atoms with Crippen LogP contribution in [-0.2, 0) is 5.41 Å². The van der Waals surface area contributed by atoms with Crippen LogP contribution >= 0.6 is 12.2 Å². The number of aliphatic imine (C=N–C) groups is 1. The van der Waals surface area contributed by atoms with E-state index in [0.717, 1.165) is 6.54 Å². The molecule has 15 heavy (non-hydrogen) atoms. The van der Waals surface area contributed by atoms with Crippen LogP contribution in [0, 0.1) is 6.92 Å². The summed E-state index contributed by atoms with van der Waals surface area (Å²) in [6.07, 6.45) is 3.77. The Balaban J connectivity index is 2.25. The standard InChI is InChI=1S/C13H15NS/c1-11-3-5-12(6-4-11)13(7-2-8-13)9-14-10-15/h3-6H,2,7-9H2,1H3. The van der Waals surface area contributed by atoms with E-state index in [0.29, 0.717) is 0 Å². The molecular formula is C13H15NS. The summed E-state index contributed by atoms with van der Waals surface area (Å²) in [5.74, 6) is 0. The topological polar surface area (TPSA) is 12.4 Å². The van der Waals surface area contributed by atoms with Crippen molar-refractivity contribution in [3.8, 4) is 0 Å². The minimum absolute atomic E-state index is 0.263. The summed E-state index contributed by atoms with van der Waals surface area (Å²) in [6.45, 7) is 2.92. The molecule has 0 aliphatic heterocycles. The van der Waals surface area contributed by atoms with Crippen LogP contribution in [0.1, 0.15) is 30.4 Å². The predicted octanol–water partition coefficient (Wildman–Crippen LogP) is 3.52. The average molecular weight is 217 g/mol. The van der Waals surface area contributed by atoms with Gasteiger partial charge in [-0.1, -0.05) is 36.2 Å². The van der Waals surface area contributed by atoms with Crippen LogP contribution in [0.4, 0.5) is 0 Å². The number of rotatable bonds is 3. The number of aryl methyl sites for hydroxylation is 1. The Morgan fingerprint density at radius 3 is 2.47 bits per heavy atom. The first kappa shape index (κ1) is 10.5. The molecule has 0 radical (unpaired) electrons. The third-order valence-corrected chi connectivity index (χ3v) is 3.55. The van der Waals surface area contributed by atoms with Crippen molar-refractivity contribution in [1.29, 1.82) is 0 Å². The van der Waals surface area contributed by atoms with Crippen molar-refractivity contribution in [2.45, 2.75) is 31.6 Å². The predicted molar refractivity (Wildman–Crippen MR) is 66.6 cm³/mol. The van der Waals surface area contributed by atoms with Gasteiger partial charge in [-0.2, -0.15) is 0 Å². The monoisotopic (exact) mass is 217 g/mol. The van der Waals surface area contributed by atoms with Crippen LogP contribution in [0.15, 0.2) is 29.3 Å². The average Bonchev–Trinajstić information content (AvgIpc) is 2.19. The molecule has 1 fully saturated rings. The van der Waals surface area contributed by atoms with Gasteiger partial charge < -0.3 is 0 Å². The molecule has 1 nitrogen and oxygen atoms in total. The Kier molecular flexibility index (Phi) is 2.99. The minimum Gasteiger partial charge on any atom is -0.232 e. The zero-order valence-corrected chi connectivity index (χ0v) is 9.81. The number of hydrogen-bond donors (Lipinski definition) is 0. The quantitative estimate of drug-likeness (QED) is 0.557. The van der Waals surface area contributed by atoms with Crippen molar-refractivity contribution in [3.05, 3.63) is 35.4 Å². The Morgan fingerprint density at radius 2 is 2.00 bits per heavy atom. The second kappa shape index (κ2) is 4.26. The Labute approximate surface area is 96.2 Å². The molecule has 0 N–H and O–H groups in total. The molecule has 2 heteroatoms. The third-order valence-electron chi connectivity index (χ3n) is 3.42. The summed E-state index contributed by atoms with van der Waals surface area (Å²) in [6, 6.07) is 8.81. The van der Waals surface area contributed by atoms with Gasteiger partial charge in [0.15, 0.2) is 0 Å². The van der Waals surface area contributed by atoms with Gasteiger partial charge in [0.05, 0.1) is 11.7 Å². The molecular weight excluding hydrogens is 202 g/mol. The van der Waals surface area contributed by atoms with E-state index in [4.69, 9.17) is 0 Å². The maximum Gasteiger partial charge on any atom is 0.0589 e. The van der Waals surface area contributed by atoms with E-state index in [2.05, 4.69) is 53.6 Å². The fourth-order valence-electron chi connectivity index (χ4n) is 2.23. The summed E-state index contributed by atoms with van der Waals surface area (Å²) < 4.78 is 0. The van der Waals surface area contributed by atoms with E-state index in [1.807, 2.05) is 0 Å². The van der Waals surface area contributed by atoms with Gasteiger partial charge in [0.1, 0.15) is 0 Å². The molecule has 0 unspecified atom stereocenters. The fourth-order valence-corrected chi connectivity index (χ4v) is 2.30. The van der Waals surface area contributed by atoms with Crippen LogP contribution in [-0.4, -0.2) is 11.7 Å². The normalized spacial score (nSPS) is 17.7. The lowest BCUT2D eigenvalue weighted by molar-refractivity contribution is 0.254. The molecule has 0 saturated heterocycles. The van der Waals surface area contributed by atoms with E-state index in [1.54, 1.807) is 0 Å². The van der Waals surface area contributed by atoms with E-state index < -0.39 is 0 Å². The van der Waals surface area contributed by atoms with E-state index in [-0.39, 0.29) is 5.41 Å². The van der Waals surface area contributed by atoms with Crippen LogP contribution in [0.5, 0.6) is 0 Å². The van der Waals surface area contributed by atoms with Gasteiger partial charge >= 0.3 is 0 Å². The molecule has 1 aromatic rings. The van der Waals surface area contributed by atoms with Gasteiger partial charge in [0.2, 0.25) is 0 Å². The first-order valence-corrected chi connectivity index (χ1v) is 5.78. The van der Waals surface area contributed by atoms with Gasteiger partial charge in [-0.3, -0.25) is 0 Å². The highest BCUT2D eigenvalue weighted by molar-refractivity contribution is 7.78. The first-order chi connectivity index (χ1) is 7.27. The lowest BCUT2D eigenvalue weighted by Crippen LogP contribution is -2.37. The molecule has 0 heterocycles. The zero-order chi connectivity index (χ0) is 10.7. The summed E-state index contributed by atoms with van der Waals surface area (Å²) in [5.41, 5.74) is 2.99. The van der Waals surface area contributed by atoms with Crippen molar-refractivity contribution in [2.24, 2.45) is 4.99 Å². The second-order valence-corrected chi connectivity index (χ2v) is 4.59. The molecule has 78 valence electrons. The highest BCUT2D eigenvalue weighted by atomic mass is 32.1. The van der Waals surface area contributed by atoms with E-state index in [9.17, 15) is 0 Å². The molecule has 0 bridgehead atoms. The van der Waals surface area contributed by atoms with Crippen molar-refractivity contribution < 1.29 is 0 Å². The molecule has 0 spiro atoms. The Morgan fingerprint density at radius 1 is 1.33 bits per heavy atom. The van der Waals surface area contributed by atoms with Crippen LogP contribution in [0.2, 0.25) is 0 Å². The summed E-state index contributed by atoms with van der Waals surface area (Å²) in [7, 11) is 0. The first-order valence-electron chi connectivity index (χ1n) is 5.38. The lowest BCUT2D eigenvalue weighted by atomic mass is 9.64. The molecule has 1 aromatic carbocycles. The fraction of sp³-hybridized carbons (Fsp3) is 0.462. The number of isothiocyanates is 1. The number of thiocarbonyl (C=S) groups is 1. The maximum atomic E-state index is 4.65. The largest absolute Gasteiger partial charge is 0.232 e. The van der Waals surface area contributed by atoms with Crippen molar-refractivity contribution in [1.82, 2.24) is 0 Å². The van der Waals surface area contributed by atoms with Gasteiger partial charge in [0.25, 0.3) is 0 Å². The van der Waals surface area contributed by atoms with Gasteiger partial charge in [-0.05, 0) is 37.5 Å². The van der Waals surface area contributed by atoms with Crippen molar-refractivity contribution in [2.75, 3.05) is 6.54 Å². The molecule has 1 saturated carbocycles. The van der Waals surface area contributed by atoms with E-state index in [1.165, 1.54) is 30.4 Å². The molecule has 0 atom stereocenters. The number of hydrogen-bond acceptors (Lipinski definition) is 2. The summed E-state index contributed by atoms with van der Waals surface area (Å²) in [5, 5.41) is 2.48. The maximum absolute atomic E-state index is 4.65. The highest BCUT2D eigenvalue weighted by Crippen LogP contribution is 2.43. The van der Waals surface area contributed by atoms with E-state index >= 15 is 0 Å². The molecule has 2 rings (SSSR count). The number of nitrogens with zero attached hydrogens (tertiary/aromatic N) is 1. The van der Waals surface area contributed by atoms with Crippen molar-refractivity contribution in [3.63, 3.8) is 0 Å². The molecule has 0 aromatic heterocycles. The number of benzene rings is 1. The van der Waals surface area contributed by atoms with Gasteiger partial charge in [0, 0.05) is 5.41 Å². The molecule has 1 aliphatic rings. The van der Waals surface area contributed by atoms with Crippen LogP contribution < -0.4 is 0 Å². The van der Waals surface area contributed by atoms with Crippen LogP contribution in [0.3, 0.4) is 0 Å². The van der Waals surface area contributed by atoms with Gasteiger partial charge in [-0.15, -0.1) is 0 Å². The lowest BCUT2D eigenvalue weighted by Gasteiger charge is -2.41. The zero-order valence-electron chi connectivity index (χ0n) is 8.99. The van der Waals surface area contributed by atoms with Gasteiger partial charge in [-0.25, -0.2) is 4.99 Å². The summed E-state index contributed by atoms with van der Waals surface area (Å²) >= 11 is 4.65. The second-order valence-electron chi connectivity index (χ2n) is 4.41. The van der Waals surface area contributed by atoms with Crippen LogP contribution in [0.25, 0.3) is 0 Å². The Hall–Kier alpha value is -0.980.